The van der Waals surface area contributed by atoms with Gasteiger partial charge in [-0.3, -0.25) is 0 Å². The van der Waals surface area contributed by atoms with Gasteiger partial charge < -0.3 is 5.32 Å². The highest BCUT2D eigenvalue weighted by Crippen LogP contribution is 2.42. The summed E-state index contributed by atoms with van der Waals surface area (Å²) >= 11 is 0. The molecule has 2 unspecified atom stereocenters. The van der Waals surface area contributed by atoms with Crippen LogP contribution in [0.15, 0.2) is 23.1 Å². The zero-order chi connectivity index (χ0) is 15.8. The molecule has 0 amide bonds. The van der Waals surface area contributed by atoms with Crippen LogP contribution in [0, 0.1) is 18.3 Å². The first-order valence-corrected chi connectivity index (χ1v) is 8.94. The minimum absolute atomic E-state index is 0.347. The van der Waals surface area contributed by atoms with Crippen LogP contribution in [0.4, 0.5) is 5.69 Å². The van der Waals surface area contributed by atoms with Gasteiger partial charge >= 0.3 is 0 Å². The summed E-state index contributed by atoms with van der Waals surface area (Å²) in [4.78, 5) is 0.347. The molecule has 5 heteroatoms. The van der Waals surface area contributed by atoms with Gasteiger partial charge in [-0.1, -0.05) is 26.8 Å². The van der Waals surface area contributed by atoms with Crippen molar-refractivity contribution >= 4 is 15.7 Å². The smallest absolute Gasteiger partial charge is 0.240 e. The van der Waals surface area contributed by atoms with Gasteiger partial charge in [-0.25, -0.2) is 13.1 Å². The van der Waals surface area contributed by atoms with E-state index in [1.807, 2.05) is 19.1 Å². The van der Waals surface area contributed by atoms with Crippen LogP contribution in [0.2, 0.25) is 0 Å². The Balaban J connectivity index is 2.25. The van der Waals surface area contributed by atoms with Crippen molar-refractivity contribution < 1.29 is 8.42 Å². The molecule has 0 saturated heterocycles. The number of sulfonamides is 1. The molecule has 118 valence electrons. The summed E-state index contributed by atoms with van der Waals surface area (Å²) in [7, 11) is -1.97. The van der Waals surface area contributed by atoms with Gasteiger partial charge in [-0.05, 0) is 55.8 Å². The number of benzene rings is 1. The standard InChI is InChI=1S/C16H26N2O2S/c1-11-6-7-13(8-15(11)21(19,20)17-5)18-14-10-16(3,4)9-12(14)2/h6-8,12,14,17-18H,9-10H2,1-5H3. The van der Waals surface area contributed by atoms with Gasteiger partial charge in [-0.2, -0.15) is 0 Å². The van der Waals surface area contributed by atoms with E-state index in [0.29, 0.717) is 22.3 Å². The highest BCUT2D eigenvalue weighted by atomic mass is 32.2. The van der Waals surface area contributed by atoms with Crippen LogP contribution >= 0.6 is 0 Å². The Labute approximate surface area is 128 Å². The third-order valence-electron chi connectivity index (χ3n) is 4.43. The molecule has 0 spiro atoms. The second-order valence-corrected chi connectivity index (χ2v) is 8.84. The van der Waals surface area contributed by atoms with E-state index in [4.69, 9.17) is 0 Å². The topological polar surface area (TPSA) is 58.2 Å². The average molecular weight is 310 g/mol. The molecular weight excluding hydrogens is 284 g/mol. The fourth-order valence-electron chi connectivity index (χ4n) is 3.39. The summed E-state index contributed by atoms with van der Waals surface area (Å²) in [6.45, 7) is 8.65. The molecule has 2 atom stereocenters. The van der Waals surface area contributed by atoms with Crippen molar-refractivity contribution in [1.29, 1.82) is 0 Å². The average Bonchev–Trinajstić information content (AvgIpc) is 2.64. The van der Waals surface area contributed by atoms with Crippen molar-refractivity contribution in [3.63, 3.8) is 0 Å². The quantitative estimate of drug-likeness (QED) is 0.898. The lowest BCUT2D eigenvalue weighted by atomic mass is 9.91. The molecule has 0 bridgehead atoms. The lowest BCUT2D eigenvalue weighted by Gasteiger charge is -2.20. The zero-order valence-electron chi connectivity index (χ0n) is 13.5. The van der Waals surface area contributed by atoms with Gasteiger partial charge in [0, 0.05) is 11.7 Å². The third kappa shape index (κ3) is 3.58. The highest BCUT2D eigenvalue weighted by molar-refractivity contribution is 7.89. The predicted molar refractivity (Wildman–Crippen MR) is 87.0 cm³/mol. The lowest BCUT2D eigenvalue weighted by molar-refractivity contribution is 0.366. The molecule has 1 fully saturated rings. The Kier molecular flexibility index (Phi) is 4.36. The first-order chi connectivity index (χ1) is 9.64. The largest absolute Gasteiger partial charge is 0.382 e. The van der Waals surface area contributed by atoms with Crippen LogP contribution in [0.1, 0.15) is 39.2 Å². The van der Waals surface area contributed by atoms with Crippen LogP contribution < -0.4 is 10.0 Å². The number of nitrogens with one attached hydrogen (secondary N) is 2. The number of rotatable bonds is 4. The van der Waals surface area contributed by atoms with Crippen LogP contribution in [0.25, 0.3) is 0 Å². The fourth-order valence-corrected chi connectivity index (χ4v) is 4.38. The summed E-state index contributed by atoms with van der Waals surface area (Å²) in [6, 6.07) is 5.95. The van der Waals surface area contributed by atoms with E-state index in [1.165, 1.54) is 13.5 Å². The van der Waals surface area contributed by atoms with E-state index in [-0.39, 0.29) is 0 Å². The maximum atomic E-state index is 12.0. The van der Waals surface area contributed by atoms with Crippen molar-refractivity contribution in [2.75, 3.05) is 12.4 Å². The molecule has 0 heterocycles. The SMILES string of the molecule is CNS(=O)(=O)c1cc(NC2CC(C)(C)CC2C)ccc1C. The number of anilines is 1. The highest BCUT2D eigenvalue weighted by Gasteiger charge is 2.36. The summed E-state index contributed by atoms with van der Waals surface area (Å²) < 4.78 is 26.5. The second-order valence-electron chi connectivity index (χ2n) is 6.99. The van der Waals surface area contributed by atoms with Crippen molar-refractivity contribution in [2.45, 2.75) is 51.5 Å². The Bertz CT molecular complexity index is 623. The Hall–Kier alpha value is -1.07. The molecule has 2 N–H and O–H groups in total. The monoisotopic (exact) mass is 310 g/mol. The van der Waals surface area contributed by atoms with Gasteiger partial charge in [0.25, 0.3) is 0 Å². The van der Waals surface area contributed by atoms with Crippen LogP contribution in [-0.2, 0) is 10.0 Å². The van der Waals surface area contributed by atoms with Gasteiger partial charge in [0.05, 0.1) is 4.90 Å². The Morgan fingerprint density at radius 2 is 1.90 bits per heavy atom. The van der Waals surface area contributed by atoms with Gasteiger partial charge in [-0.15, -0.1) is 0 Å². The molecule has 1 saturated carbocycles. The van der Waals surface area contributed by atoms with E-state index in [0.717, 1.165) is 17.7 Å². The second kappa shape index (κ2) is 5.61. The fraction of sp³-hybridized carbons (Fsp3) is 0.625. The predicted octanol–water partition coefficient (Wildman–Crippen LogP) is 3.14. The third-order valence-corrected chi connectivity index (χ3v) is 5.99. The van der Waals surface area contributed by atoms with Gasteiger partial charge in [0.2, 0.25) is 10.0 Å². The minimum atomic E-state index is -3.41. The maximum Gasteiger partial charge on any atom is 0.240 e. The van der Waals surface area contributed by atoms with Gasteiger partial charge in [0.15, 0.2) is 0 Å². The van der Waals surface area contributed by atoms with E-state index >= 15 is 0 Å². The Morgan fingerprint density at radius 3 is 2.43 bits per heavy atom. The zero-order valence-corrected chi connectivity index (χ0v) is 14.3. The molecule has 1 aromatic rings. The number of hydrogen-bond acceptors (Lipinski definition) is 3. The molecule has 21 heavy (non-hydrogen) atoms. The molecule has 0 aromatic heterocycles. The summed E-state index contributed by atoms with van der Waals surface area (Å²) in [5, 5.41) is 3.52. The van der Waals surface area contributed by atoms with E-state index in [2.05, 4.69) is 30.8 Å². The number of hydrogen-bond donors (Lipinski definition) is 2. The molecule has 4 nitrogen and oxygen atoms in total. The summed E-state index contributed by atoms with van der Waals surface area (Å²) in [5.41, 5.74) is 1.99. The maximum absolute atomic E-state index is 12.0. The lowest BCUT2D eigenvalue weighted by Crippen LogP contribution is -2.23. The van der Waals surface area contributed by atoms with Crippen LogP contribution in [-0.4, -0.2) is 21.5 Å². The van der Waals surface area contributed by atoms with E-state index in [9.17, 15) is 8.42 Å². The minimum Gasteiger partial charge on any atom is -0.382 e. The van der Waals surface area contributed by atoms with Crippen LogP contribution in [0.3, 0.4) is 0 Å². The van der Waals surface area contributed by atoms with Crippen molar-refractivity contribution in [3.05, 3.63) is 23.8 Å². The normalized spacial score (nSPS) is 25.0. The van der Waals surface area contributed by atoms with Gasteiger partial charge in [0.1, 0.15) is 0 Å². The molecule has 2 rings (SSSR count). The molecule has 1 aliphatic rings. The molecule has 0 aliphatic heterocycles. The first-order valence-electron chi connectivity index (χ1n) is 7.45. The van der Waals surface area contributed by atoms with Crippen molar-refractivity contribution in [1.82, 2.24) is 4.72 Å². The van der Waals surface area contributed by atoms with E-state index in [1.54, 1.807) is 6.07 Å². The van der Waals surface area contributed by atoms with Crippen molar-refractivity contribution in [3.8, 4) is 0 Å². The molecule has 1 aromatic carbocycles. The summed E-state index contributed by atoms with van der Waals surface area (Å²) in [5.74, 6) is 0.589. The van der Waals surface area contributed by atoms with Crippen LogP contribution in [0.5, 0.6) is 0 Å². The van der Waals surface area contributed by atoms with E-state index < -0.39 is 10.0 Å². The molecular formula is C16H26N2O2S. The first kappa shape index (κ1) is 16.3. The summed E-state index contributed by atoms with van der Waals surface area (Å²) in [6.07, 6.45) is 2.30. The number of aryl methyl sites for hydroxylation is 1. The molecule has 0 radical (unpaired) electrons. The van der Waals surface area contributed by atoms with Crippen molar-refractivity contribution in [2.24, 2.45) is 11.3 Å². The molecule has 1 aliphatic carbocycles. The Morgan fingerprint density at radius 1 is 1.24 bits per heavy atom.